The second-order valence-electron chi connectivity index (χ2n) is 6.20. The third-order valence-corrected chi connectivity index (χ3v) is 4.07. The lowest BCUT2D eigenvalue weighted by atomic mass is 10.1. The van der Waals surface area contributed by atoms with Crippen molar-refractivity contribution in [2.45, 2.75) is 24.9 Å². The molecule has 0 amide bonds. The van der Waals surface area contributed by atoms with Crippen LogP contribution in [-0.2, 0) is 31.9 Å². The Morgan fingerprint density at radius 3 is 1.36 bits per heavy atom. The van der Waals surface area contributed by atoms with Gasteiger partial charge in [0.05, 0.1) is 25.6 Å². The molecule has 4 N–H and O–H groups in total. The number of benzene rings is 2. The minimum absolute atomic E-state index is 0.388. The number of carbonyl (C=O) groups excluding carboxylic acids is 2. The summed E-state index contributed by atoms with van der Waals surface area (Å²) in [5, 5.41) is 8.37. The fourth-order valence-electron chi connectivity index (χ4n) is 2.49. The van der Waals surface area contributed by atoms with Crippen LogP contribution in [0.1, 0.15) is 11.1 Å². The first-order valence-corrected chi connectivity index (χ1v) is 8.69. The second kappa shape index (κ2) is 10.3. The van der Waals surface area contributed by atoms with Gasteiger partial charge in [-0.15, -0.1) is 0 Å². The number of rotatable bonds is 8. The summed E-state index contributed by atoms with van der Waals surface area (Å²) >= 11 is 0. The zero-order valence-corrected chi connectivity index (χ0v) is 15.9. The van der Waals surface area contributed by atoms with Gasteiger partial charge in [-0.1, -0.05) is 24.3 Å². The van der Waals surface area contributed by atoms with Crippen LogP contribution in [0.3, 0.4) is 0 Å². The van der Waals surface area contributed by atoms with E-state index in [1.54, 1.807) is 24.3 Å². The molecular formula is C20H24N4O4. The molecule has 0 unspecified atom stereocenters. The average Bonchev–Trinajstić information content (AvgIpc) is 2.72. The Morgan fingerprint density at radius 1 is 0.750 bits per heavy atom. The van der Waals surface area contributed by atoms with Crippen LogP contribution in [0, 0.1) is 0 Å². The number of nitrogens with two attached hydrogens (primary N) is 2. The number of esters is 2. The van der Waals surface area contributed by atoms with Crippen LogP contribution < -0.4 is 11.5 Å². The van der Waals surface area contributed by atoms with Crippen molar-refractivity contribution in [3.8, 4) is 0 Å². The lowest BCUT2D eigenvalue weighted by Crippen LogP contribution is -2.33. The lowest BCUT2D eigenvalue weighted by Gasteiger charge is -2.09. The predicted octanol–water partition coefficient (Wildman–Crippen LogP) is 2.19. The molecule has 0 fully saturated rings. The summed E-state index contributed by atoms with van der Waals surface area (Å²) in [6, 6.07) is 13.2. The summed E-state index contributed by atoms with van der Waals surface area (Å²) in [6.45, 7) is 0. The van der Waals surface area contributed by atoms with Crippen molar-refractivity contribution in [1.29, 1.82) is 0 Å². The van der Waals surface area contributed by atoms with Crippen molar-refractivity contribution in [1.82, 2.24) is 0 Å². The maximum absolute atomic E-state index is 11.4. The van der Waals surface area contributed by atoms with E-state index in [-0.39, 0.29) is 0 Å². The topological polar surface area (TPSA) is 129 Å². The standard InChI is InChI=1S/C20H24N4O4/c1-27-19(25)17(21)11-13-3-7-15(8-4-13)23-24-16-9-5-14(6-10-16)12-18(22)20(26)28-2/h3-10,17-18H,11-12,21-22H2,1-2H3/t17-,18-/m0/s1. The van der Waals surface area contributed by atoms with Gasteiger partial charge in [0.1, 0.15) is 12.1 Å². The Bertz CT molecular complexity index is 750. The largest absolute Gasteiger partial charge is 0.468 e. The molecule has 0 radical (unpaired) electrons. The van der Waals surface area contributed by atoms with Gasteiger partial charge in [-0.2, -0.15) is 10.2 Å². The molecule has 2 rings (SSSR count). The molecule has 0 aliphatic carbocycles. The zero-order valence-electron chi connectivity index (χ0n) is 15.9. The zero-order chi connectivity index (χ0) is 20.5. The van der Waals surface area contributed by atoms with E-state index >= 15 is 0 Å². The van der Waals surface area contributed by atoms with Gasteiger partial charge >= 0.3 is 11.9 Å². The fraction of sp³-hybridized carbons (Fsp3) is 0.300. The highest BCUT2D eigenvalue weighted by Gasteiger charge is 2.14. The minimum atomic E-state index is -0.691. The molecule has 148 valence electrons. The SMILES string of the molecule is COC(=O)[C@@H](N)Cc1ccc(N=Nc2ccc(C[C@H](N)C(=O)OC)cc2)cc1. The van der Waals surface area contributed by atoms with Crippen molar-refractivity contribution in [3.05, 3.63) is 59.7 Å². The Hall–Kier alpha value is -3.10. The smallest absolute Gasteiger partial charge is 0.322 e. The first-order chi connectivity index (χ1) is 13.4. The molecule has 0 spiro atoms. The number of ether oxygens (including phenoxy) is 2. The highest BCUT2D eigenvalue weighted by atomic mass is 16.5. The predicted molar refractivity (Wildman–Crippen MR) is 104 cm³/mol. The van der Waals surface area contributed by atoms with E-state index in [4.69, 9.17) is 11.5 Å². The molecule has 0 heterocycles. The maximum atomic E-state index is 11.4. The third kappa shape index (κ3) is 6.26. The number of azo groups is 1. The van der Waals surface area contributed by atoms with Gasteiger partial charge in [-0.3, -0.25) is 9.59 Å². The first kappa shape index (κ1) is 21.2. The summed E-state index contributed by atoms with van der Waals surface area (Å²) < 4.78 is 9.23. The first-order valence-electron chi connectivity index (χ1n) is 8.69. The molecule has 28 heavy (non-hydrogen) atoms. The number of carbonyl (C=O) groups is 2. The fourth-order valence-corrected chi connectivity index (χ4v) is 2.49. The Balaban J connectivity index is 1.94. The van der Waals surface area contributed by atoms with Gasteiger partial charge in [-0.25, -0.2) is 0 Å². The van der Waals surface area contributed by atoms with Crippen LogP contribution in [-0.4, -0.2) is 38.2 Å². The van der Waals surface area contributed by atoms with Crippen LogP contribution in [0.25, 0.3) is 0 Å². The number of hydrogen-bond acceptors (Lipinski definition) is 8. The van der Waals surface area contributed by atoms with Crippen molar-refractivity contribution >= 4 is 23.3 Å². The summed E-state index contributed by atoms with van der Waals surface area (Å²) in [4.78, 5) is 22.7. The minimum Gasteiger partial charge on any atom is -0.468 e. The van der Waals surface area contributed by atoms with Gasteiger partial charge in [0.25, 0.3) is 0 Å². The van der Waals surface area contributed by atoms with Crippen molar-refractivity contribution in [2.75, 3.05) is 14.2 Å². The van der Waals surface area contributed by atoms with Crippen LogP contribution in [0.5, 0.6) is 0 Å². The Morgan fingerprint density at radius 2 is 1.07 bits per heavy atom. The van der Waals surface area contributed by atoms with E-state index in [0.717, 1.165) is 11.1 Å². The Labute approximate surface area is 163 Å². The second-order valence-corrected chi connectivity index (χ2v) is 6.20. The highest BCUT2D eigenvalue weighted by Crippen LogP contribution is 2.20. The molecule has 2 aromatic carbocycles. The van der Waals surface area contributed by atoms with Crippen molar-refractivity contribution < 1.29 is 19.1 Å². The van der Waals surface area contributed by atoms with E-state index in [9.17, 15) is 9.59 Å². The Kier molecular flexibility index (Phi) is 7.79. The normalized spacial score (nSPS) is 13.1. The van der Waals surface area contributed by atoms with Crippen LogP contribution >= 0.6 is 0 Å². The summed E-state index contributed by atoms with van der Waals surface area (Å²) in [6.07, 6.45) is 0.776. The van der Waals surface area contributed by atoms with Crippen molar-refractivity contribution in [3.63, 3.8) is 0 Å². The maximum Gasteiger partial charge on any atom is 0.322 e. The molecule has 8 heteroatoms. The van der Waals surface area contributed by atoms with E-state index in [0.29, 0.717) is 24.2 Å². The lowest BCUT2D eigenvalue weighted by molar-refractivity contribution is -0.142. The van der Waals surface area contributed by atoms with Crippen LogP contribution in [0.2, 0.25) is 0 Å². The van der Waals surface area contributed by atoms with Crippen LogP contribution in [0.15, 0.2) is 58.8 Å². The van der Waals surface area contributed by atoms with Crippen molar-refractivity contribution in [2.24, 2.45) is 21.7 Å². The number of nitrogens with zero attached hydrogens (tertiary/aromatic N) is 2. The monoisotopic (exact) mass is 384 g/mol. The molecule has 8 nitrogen and oxygen atoms in total. The molecular weight excluding hydrogens is 360 g/mol. The quantitative estimate of drug-likeness (QED) is 0.530. The van der Waals surface area contributed by atoms with Gasteiger partial charge in [0.2, 0.25) is 0 Å². The molecule has 0 aliphatic rings. The highest BCUT2D eigenvalue weighted by molar-refractivity contribution is 5.76. The average molecular weight is 384 g/mol. The number of hydrogen-bond donors (Lipinski definition) is 2. The van der Waals surface area contributed by atoms with E-state index < -0.39 is 24.0 Å². The van der Waals surface area contributed by atoms with Gasteiger partial charge in [0.15, 0.2) is 0 Å². The third-order valence-electron chi connectivity index (χ3n) is 4.07. The van der Waals surface area contributed by atoms with Crippen LogP contribution in [0.4, 0.5) is 11.4 Å². The molecule has 2 aromatic rings. The van der Waals surface area contributed by atoms with E-state index in [1.807, 2.05) is 24.3 Å². The van der Waals surface area contributed by atoms with Gasteiger partial charge in [-0.05, 0) is 48.2 Å². The van der Waals surface area contributed by atoms with E-state index in [1.165, 1.54) is 14.2 Å². The van der Waals surface area contributed by atoms with E-state index in [2.05, 4.69) is 19.7 Å². The van der Waals surface area contributed by atoms with Gasteiger partial charge < -0.3 is 20.9 Å². The molecule has 0 bridgehead atoms. The summed E-state index contributed by atoms with van der Waals surface area (Å²) in [7, 11) is 2.62. The molecule has 0 saturated carbocycles. The van der Waals surface area contributed by atoms with Gasteiger partial charge in [0, 0.05) is 0 Å². The molecule has 0 saturated heterocycles. The number of methoxy groups -OCH3 is 2. The molecule has 2 atom stereocenters. The molecule has 0 aromatic heterocycles. The summed E-state index contributed by atoms with van der Waals surface area (Å²) in [5.41, 5.74) is 14.7. The molecule has 0 aliphatic heterocycles. The summed E-state index contributed by atoms with van der Waals surface area (Å²) in [5.74, 6) is -0.889.